The zero-order chi connectivity index (χ0) is 13.9. The highest BCUT2D eigenvalue weighted by Crippen LogP contribution is 2.30. The van der Waals surface area contributed by atoms with E-state index in [0.29, 0.717) is 16.3 Å². The molecule has 3 aromatic rings. The molecule has 0 amide bonds. The molecule has 20 heavy (non-hydrogen) atoms. The first kappa shape index (κ1) is 12.3. The Labute approximate surface area is 119 Å². The van der Waals surface area contributed by atoms with Gasteiger partial charge in [0.1, 0.15) is 17.7 Å². The third-order valence-electron chi connectivity index (χ3n) is 2.71. The summed E-state index contributed by atoms with van der Waals surface area (Å²) in [5.74, 6) is 0. The minimum absolute atomic E-state index is 0.355. The topological polar surface area (TPSA) is 73.6 Å². The van der Waals surface area contributed by atoms with Gasteiger partial charge in [0.25, 0.3) is 5.22 Å². The van der Waals surface area contributed by atoms with E-state index in [9.17, 15) is 0 Å². The second-order valence-corrected chi connectivity index (χ2v) is 5.01. The van der Waals surface area contributed by atoms with Gasteiger partial charge in [-0.2, -0.15) is 10.5 Å². The monoisotopic (exact) mass is 277 g/mol. The van der Waals surface area contributed by atoms with Crippen molar-refractivity contribution in [1.29, 1.82) is 10.5 Å². The number of aromatic nitrogens is 1. The Morgan fingerprint density at radius 3 is 2.55 bits per heavy atom. The lowest BCUT2D eigenvalue weighted by molar-refractivity contribution is 0.489. The molecule has 0 saturated carbocycles. The SMILES string of the molecule is N#Cc1ccc(Sc2nc3ccccc3o2)cc1C#N. The molecule has 0 radical (unpaired) electrons. The van der Waals surface area contributed by atoms with Crippen molar-refractivity contribution in [2.45, 2.75) is 10.1 Å². The number of fused-ring (bicyclic) bond motifs is 1. The fraction of sp³-hybridized carbons (Fsp3) is 0. The minimum Gasteiger partial charge on any atom is -0.431 e. The summed E-state index contributed by atoms with van der Waals surface area (Å²) in [5.41, 5.74) is 2.25. The number of benzene rings is 2. The number of hydrogen-bond donors (Lipinski definition) is 0. The predicted octanol–water partition coefficient (Wildman–Crippen LogP) is 3.72. The molecule has 5 heteroatoms. The van der Waals surface area contributed by atoms with Crippen molar-refractivity contribution in [1.82, 2.24) is 4.98 Å². The van der Waals surface area contributed by atoms with Crippen LogP contribution in [0, 0.1) is 22.7 Å². The number of nitriles is 2. The normalized spacial score (nSPS) is 10.1. The predicted molar refractivity (Wildman–Crippen MR) is 74.0 cm³/mol. The van der Waals surface area contributed by atoms with Crippen molar-refractivity contribution >= 4 is 22.9 Å². The van der Waals surface area contributed by atoms with Crippen LogP contribution in [0.15, 0.2) is 57.0 Å². The molecule has 0 aliphatic carbocycles. The van der Waals surface area contributed by atoms with Crippen LogP contribution in [0.2, 0.25) is 0 Å². The Morgan fingerprint density at radius 2 is 1.80 bits per heavy atom. The number of oxazole rings is 1. The van der Waals surface area contributed by atoms with Crippen LogP contribution in [-0.4, -0.2) is 4.98 Å². The molecule has 1 aromatic heterocycles. The number of nitrogens with zero attached hydrogens (tertiary/aromatic N) is 3. The zero-order valence-corrected chi connectivity index (χ0v) is 11.0. The summed E-state index contributed by atoms with van der Waals surface area (Å²) in [4.78, 5) is 5.17. The molecule has 0 aliphatic rings. The van der Waals surface area contributed by atoms with Crippen molar-refractivity contribution in [3.05, 3.63) is 53.6 Å². The van der Waals surface area contributed by atoms with Crippen molar-refractivity contribution in [3.8, 4) is 12.1 Å². The van der Waals surface area contributed by atoms with Crippen LogP contribution in [0.4, 0.5) is 0 Å². The van der Waals surface area contributed by atoms with Gasteiger partial charge in [0.15, 0.2) is 5.58 Å². The van der Waals surface area contributed by atoms with Crippen LogP contribution in [-0.2, 0) is 0 Å². The van der Waals surface area contributed by atoms with E-state index in [2.05, 4.69) is 4.98 Å². The van der Waals surface area contributed by atoms with E-state index in [0.717, 1.165) is 16.0 Å². The summed E-state index contributed by atoms with van der Waals surface area (Å²) < 4.78 is 5.61. The van der Waals surface area contributed by atoms with Gasteiger partial charge >= 0.3 is 0 Å². The highest BCUT2D eigenvalue weighted by atomic mass is 32.2. The molecule has 0 bridgehead atoms. The maximum atomic E-state index is 9.00. The molecule has 0 unspecified atom stereocenters. The molecule has 2 aromatic carbocycles. The Bertz CT molecular complexity index is 838. The van der Waals surface area contributed by atoms with Crippen molar-refractivity contribution < 1.29 is 4.42 Å². The van der Waals surface area contributed by atoms with Gasteiger partial charge in [-0.15, -0.1) is 0 Å². The van der Waals surface area contributed by atoms with Crippen LogP contribution >= 0.6 is 11.8 Å². The van der Waals surface area contributed by atoms with Gasteiger partial charge in [0.05, 0.1) is 11.1 Å². The first-order valence-electron chi connectivity index (χ1n) is 5.78. The van der Waals surface area contributed by atoms with Crippen LogP contribution < -0.4 is 0 Å². The quantitative estimate of drug-likeness (QED) is 0.713. The summed E-state index contributed by atoms with van der Waals surface area (Å²) in [6.07, 6.45) is 0. The van der Waals surface area contributed by atoms with Gasteiger partial charge in [0.2, 0.25) is 0 Å². The van der Waals surface area contributed by atoms with Gasteiger partial charge in [-0.05, 0) is 42.1 Å². The van der Waals surface area contributed by atoms with Crippen molar-refractivity contribution in [3.63, 3.8) is 0 Å². The lowest BCUT2D eigenvalue weighted by Gasteiger charge is -1.98. The molecule has 0 aliphatic heterocycles. The average Bonchev–Trinajstić information content (AvgIpc) is 2.89. The van der Waals surface area contributed by atoms with Crippen LogP contribution in [0.25, 0.3) is 11.1 Å². The smallest absolute Gasteiger partial charge is 0.261 e. The van der Waals surface area contributed by atoms with E-state index < -0.39 is 0 Å². The molecule has 1 heterocycles. The molecular weight excluding hydrogens is 270 g/mol. The van der Waals surface area contributed by atoms with Crippen molar-refractivity contribution in [2.75, 3.05) is 0 Å². The van der Waals surface area contributed by atoms with Gasteiger partial charge in [0, 0.05) is 4.90 Å². The van der Waals surface area contributed by atoms with Crippen LogP contribution in [0.1, 0.15) is 11.1 Å². The maximum Gasteiger partial charge on any atom is 0.261 e. The second kappa shape index (κ2) is 5.08. The highest BCUT2D eigenvalue weighted by molar-refractivity contribution is 7.99. The van der Waals surface area contributed by atoms with E-state index in [1.165, 1.54) is 11.8 Å². The zero-order valence-electron chi connectivity index (χ0n) is 10.2. The molecule has 4 nitrogen and oxygen atoms in total. The molecule has 3 rings (SSSR count). The fourth-order valence-electron chi connectivity index (χ4n) is 1.77. The first-order valence-corrected chi connectivity index (χ1v) is 6.59. The summed E-state index contributed by atoms with van der Waals surface area (Å²) >= 11 is 1.32. The van der Waals surface area contributed by atoms with Gasteiger partial charge in [-0.1, -0.05) is 12.1 Å². The van der Waals surface area contributed by atoms with E-state index in [1.54, 1.807) is 18.2 Å². The van der Waals surface area contributed by atoms with Gasteiger partial charge < -0.3 is 4.42 Å². The van der Waals surface area contributed by atoms with E-state index in [1.807, 2.05) is 36.4 Å². The van der Waals surface area contributed by atoms with Gasteiger partial charge in [-0.3, -0.25) is 0 Å². The summed E-state index contributed by atoms with van der Waals surface area (Å²) in [6.45, 7) is 0. The molecule has 0 saturated heterocycles. The van der Waals surface area contributed by atoms with E-state index in [-0.39, 0.29) is 0 Å². The largest absolute Gasteiger partial charge is 0.431 e. The fourth-order valence-corrected chi connectivity index (χ4v) is 2.56. The lowest BCUT2D eigenvalue weighted by atomic mass is 10.1. The molecule has 0 atom stereocenters. The Hall–Kier alpha value is -2.76. The summed E-state index contributed by atoms with van der Waals surface area (Å²) in [6, 6.07) is 16.6. The standard InChI is InChI=1S/C15H7N3OS/c16-8-10-5-6-12(7-11(10)9-17)20-15-18-13-3-1-2-4-14(13)19-15/h1-7H. The Balaban J connectivity index is 1.95. The number of rotatable bonds is 2. The molecule has 94 valence electrons. The Kier molecular flexibility index (Phi) is 3.12. The molecule has 0 spiro atoms. The van der Waals surface area contributed by atoms with Crippen LogP contribution in [0.3, 0.4) is 0 Å². The highest BCUT2D eigenvalue weighted by Gasteiger charge is 2.09. The first-order chi connectivity index (χ1) is 9.80. The van der Waals surface area contributed by atoms with Crippen LogP contribution in [0.5, 0.6) is 0 Å². The van der Waals surface area contributed by atoms with Gasteiger partial charge in [-0.25, -0.2) is 4.98 Å². The second-order valence-electron chi connectivity index (χ2n) is 3.98. The average molecular weight is 277 g/mol. The molecule has 0 fully saturated rings. The molecular formula is C15H7N3OS. The number of hydrogen-bond acceptors (Lipinski definition) is 5. The van der Waals surface area contributed by atoms with E-state index >= 15 is 0 Å². The maximum absolute atomic E-state index is 9.00. The third kappa shape index (κ3) is 2.23. The van der Waals surface area contributed by atoms with Crippen molar-refractivity contribution in [2.24, 2.45) is 0 Å². The Morgan fingerprint density at radius 1 is 1.00 bits per heavy atom. The van der Waals surface area contributed by atoms with E-state index in [4.69, 9.17) is 14.9 Å². The minimum atomic E-state index is 0.355. The lowest BCUT2D eigenvalue weighted by Crippen LogP contribution is -1.84. The summed E-state index contributed by atoms with van der Waals surface area (Å²) in [5, 5.41) is 18.4. The number of para-hydroxylation sites is 2. The summed E-state index contributed by atoms with van der Waals surface area (Å²) in [7, 11) is 0. The molecule has 0 N–H and O–H groups in total. The third-order valence-corrected chi connectivity index (χ3v) is 3.55.